The summed E-state index contributed by atoms with van der Waals surface area (Å²) in [6.45, 7) is 6.02. The number of hydrogen-bond acceptors (Lipinski definition) is 4. The zero-order chi connectivity index (χ0) is 20.7. The van der Waals surface area contributed by atoms with Crippen LogP contribution in [0, 0.1) is 11.2 Å². The predicted octanol–water partition coefficient (Wildman–Crippen LogP) is 5.38. The van der Waals surface area contributed by atoms with E-state index >= 15 is 0 Å². The molecule has 1 aromatic carbocycles. The molecule has 3 heterocycles. The molecule has 0 amide bonds. The second-order valence-electron chi connectivity index (χ2n) is 8.84. The van der Waals surface area contributed by atoms with Crippen LogP contribution in [0.25, 0.3) is 21.3 Å². The first kappa shape index (κ1) is 18.4. The highest BCUT2D eigenvalue weighted by atomic mass is 32.1. The number of carbonyl (C=O) groups is 1. The summed E-state index contributed by atoms with van der Waals surface area (Å²) in [5.74, 6) is -1.06. The highest BCUT2D eigenvalue weighted by molar-refractivity contribution is 7.17. The van der Waals surface area contributed by atoms with Crippen LogP contribution < -0.4 is 10.3 Å². The molecule has 5 nitrogen and oxygen atoms in total. The van der Waals surface area contributed by atoms with Crippen LogP contribution in [0.1, 0.15) is 61.7 Å². The van der Waals surface area contributed by atoms with Crippen molar-refractivity contribution < 1.29 is 19.0 Å². The highest BCUT2D eigenvalue weighted by Gasteiger charge is 2.41. The van der Waals surface area contributed by atoms with Gasteiger partial charge >= 0.3 is 5.97 Å². The van der Waals surface area contributed by atoms with Crippen LogP contribution in [0.4, 0.5) is 4.39 Å². The van der Waals surface area contributed by atoms with Crippen molar-refractivity contribution in [2.75, 3.05) is 0 Å². The molecule has 1 N–H and O–H groups in total. The van der Waals surface area contributed by atoms with Gasteiger partial charge in [0.05, 0.1) is 10.4 Å². The zero-order valence-electron chi connectivity index (χ0n) is 16.3. The maximum absolute atomic E-state index is 14.9. The van der Waals surface area contributed by atoms with E-state index in [9.17, 15) is 19.1 Å². The van der Waals surface area contributed by atoms with E-state index in [-0.39, 0.29) is 22.8 Å². The van der Waals surface area contributed by atoms with Gasteiger partial charge in [0.2, 0.25) is 0 Å². The Bertz CT molecular complexity index is 1250. The number of halogens is 1. The topological polar surface area (TPSA) is 68.5 Å². The smallest absolute Gasteiger partial charge is 0.341 e. The van der Waals surface area contributed by atoms with Crippen LogP contribution in [-0.4, -0.2) is 15.6 Å². The monoisotopic (exact) mass is 413 g/mol. The van der Waals surface area contributed by atoms with Gasteiger partial charge in [0.25, 0.3) is 5.56 Å². The Kier molecular flexibility index (Phi) is 3.75. The fraction of sp³-hybridized carbons (Fsp3) is 0.364. The summed E-state index contributed by atoms with van der Waals surface area (Å²) >= 11 is 1.31. The van der Waals surface area contributed by atoms with Crippen LogP contribution in [-0.2, 0) is 0 Å². The maximum atomic E-state index is 14.9. The summed E-state index contributed by atoms with van der Waals surface area (Å²) in [7, 11) is 0. The highest BCUT2D eigenvalue weighted by Crippen LogP contribution is 2.53. The van der Waals surface area contributed by atoms with Gasteiger partial charge in [0.15, 0.2) is 0 Å². The lowest BCUT2D eigenvalue weighted by atomic mass is 9.80. The minimum absolute atomic E-state index is 0.0663. The zero-order valence-corrected chi connectivity index (χ0v) is 17.1. The molecule has 1 aliphatic carbocycles. The number of fused-ring (bicyclic) bond motifs is 5. The fourth-order valence-electron chi connectivity index (χ4n) is 4.18. The van der Waals surface area contributed by atoms with E-state index < -0.39 is 17.6 Å². The number of aromatic carboxylic acids is 1. The van der Waals surface area contributed by atoms with E-state index in [1.54, 1.807) is 4.57 Å². The molecule has 0 unspecified atom stereocenters. The molecule has 0 spiro atoms. The van der Waals surface area contributed by atoms with E-state index in [0.717, 1.165) is 12.8 Å². The van der Waals surface area contributed by atoms with Crippen LogP contribution in [0.5, 0.6) is 5.75 Å². The van der Waals surface area contributed by atoms with Gasteiger partial charge in [-0.25, -0.2) is 9.18 Å². The summed E-state index contributed by atoms with van der Waals surface area (Å²) in [5.41, 5.74) is 0.563. The summed E-state index contributed by atoms with van der Waals surface area (Å²) in [5, 5.41) is 12.1. The van der Waals surface area contributed by atoms with E-state index in [2.05, 4.69) is 0 Å². The minimum atomic E-state index is -1.26. The minimum Gasteiger partial charge on any atom is -0.484 e. The number of nitrogens with zero attached hydrogens (tertiary/aromatic N) is 1. The number of pyridine rings is 1. The molecule has 1 saturated carbocycles. The molecule has 5 rings (SSSR count). The quantitative estimate of drug-likeness (QED) is 0.612. The Balaban J connectivity index is 1.95. The molecule has 1 fully saturated rings. The van der Waals surface area contributed by atoms with Gasteiger partial charge in [-0.3, -0.25) is 4.79 Å². The van der Waals surface area contributed by atoms with Crippen molar-refractivity contribution in [3.8, 4) is 17.0 Å². The van der Waals surface area contributed by atoms with Gasteiger partial charge in [-0.05, 0) is 36.4 Å². The van der Waals surface area contributed by atoms with Crippen molar-refractivity contribution in [2.24, 2.45) is 5.41 Å². The number of ether oxygens (including phenoxy) is 1. The lowest BCUT2D eigenvalue weighted by Gasteiger charge is -2.38. The lowest BCUT2D eigenvalue weighted by molar-refractivity contribution is 0.0689. The number of rotatable bonds is 2. The van der Waals surface area contributed by atoms with E-state index in [0.29, 0.717) is 32.7 Å². The van der Waals surface area contributed by atoms with E-state index in [1.807, 2.05) is 32.2 Å². The number of aromatic nitrogens is 1. The van der Waals surface area contributed by atoms with Crippen molar-refractivity contribution in [3.05, 3.63) is 50.9 Å². The average Bonchev–Trinajstić information content (AvgIpc) is 3.34. The Morgan fingerprint density at radius 2 is 2.03 bits per heavy atom. The Morgan fingerprint density at radius 3 is 2.66 bits per heavy atom. The molecule has 7 heteroatoms. The summed E-state index contributed by atoms with van der Waals surface area (Å²) < 4.78 is 23.4. The fourth-order valence-corrected chi connectivity index (χ4v) is 4.98. The third-order valence-electron chi connectivity index (χ3n) is 5.61. The van der Waals surface area contributed by atoms with E-state index in [1.165, 1.54) is 23.5 Å². The van der Waals surface area contributed by atoms with E-state index in [4.69, 9.17) is 4.74 Å². The number of hydrogen-bond donors (Lipinski definition) is 1. The molecule has 150 valence electrons. The number of thiophene rings is 1. The van der Waals surface area contributed by atoms with Crippen LogP contribution in [0.3, 0.4) is 0 Å². The van der Waals surface area contributed by atoms with Gasteiger partial charge in [-0.15, -0.1) is 11.3 Å². The third-order valence-corrected chi connectivity index (χ3v) is 6.53. The Morgan fingerprint density at radius 1 is 1.31 bits per heavy atom. The number of carboxylic acid groups (broad SMARTS) is 1. The van der Waals surface area contributed by atoms with Gasteiger partial charge in [0.1, 0.15) is 23.2 Å². The molecule has 2 aromatic heterocycles. The molecule has 29 heavy (non-hydrogen) atoms. The summed E-state index contributed by atoms with van der Waals surface area (Å²) in [6, 6.07) is 4.61. The SMILES string of the molecule is CC(C)(C)[C@@H]1Oc2c(cc(F)c3sccc23)-c2c1cc(C(=O)O)c(=O)n2C1CC1. The third kappa shape index (κ3) is 2.64. The molecular formula is C22H20FNO4S. The van der Waals surface area contributed by atoms with Crippen molar-refractivity contribution in [2.45, 2.75) is 45.8 Å². The van der Waals surface area contributed by atoms with Crippen molar-refractivity contribution in [3.63, 3.8) is 0 Å². The normalized spacial score (nSPS) is 18.3. The maximum Gasteiger partial charge on any atom is 0.341 e. The summed E-state index contributed by atoms with van der Waals surface area (Å²) in [4.78, 5) is 24.9. The van der Waals surface area contributed by atoms with Crippen LogP contribution in [0.15, 0.2) is 28.4 Å². The molecular weight excluding hydrogens is 393 g/mol. The molecule has 0 bridgehead atoms. The summed E-state index contributed by atoms with van der Waals surface area (Å²) in [6.07, 6.45) is 1.13. The van der Waals surface area contributed by atoms with Gasteiger partial charge in [-0.2, -0.15) is 0 Å². The average molecular weight is 413 g/mol. The number of benzene rings is 1. The Labute approximate surface area is 170 Å². The molecule has 0 radical (unpaired) electrons. The first-order valence-electron chi connectivity index (χ1n) is 9.58. The van der Waals surface area contributed by atoms with Crippen molar-refractivity contribution in [1.82, 2.24) is 4.57 Å². The van der Waals surface area contributed by atoms with Gasteiger partial charge in [-0.1, -0.05) is 20.8 Å². The predicted molar refractivity (Wildman–Crippen MR) is 110 cm³/mol. The lowest BCUT2D eigenvalue weighted by Crippen LogP contribution is -2.34. The van der Waals surface area contributed by atoms with Crippen molar-refractivity contribution >= 4 is 27.4 Å². The standard InChI is InChI=1S/C22H20FNO4S/c1-22(2,3)19-13-8-14(21(26)27)20(25)24(10-4-5-10)16(13)12-9-15(23)18-11(6-7-29-18)17(12)28-19/h6-10,19H,4-5H2,1-3H3,(H,26,27)/t19-/m1/s1. The van der Waals surface area contributed by atoms with Gasteiger partial charge < -0.3 is 14.4 Å². The number of carboxylic acids is 1. The molecule has 2 aliphatic rings. The second kappa shape index (κ2) is 5.92. The largest absolute Gasteiger partial charge is 0.484 e. The molecule has 1 atom stereocenters. The first-order chi connectivity index (χ1) is 13.7. The Hall–Kier alpha value is -2.67. The second-order valence-corrected chi connectivity index (χ2v) is 9.75. The first-order valence-corrected chi connectivity index (χ1v) is 10.5. The molecule has 3 aromatic rings. The molecule has 1 aliphatic heterocycles. The van der Waals surface area contributed by atoms with Crippen LogP contribution in [0.2, 0.25) is 0 Å². The molecule has 0 saturated heterocycles. The van der Waals surface area contributed by atoms with Gasteiger partial charge in [0, 0.05) is 28.0 Å². The van der Waals surface area contributed by atoms with Crippen LogP contribution >= 0.6 is 11.3 Å². The van der Waals surface area contributed by atoms with Crippen molar-refractivity contribution in [1.29, 1.82) is 0 Å².